The summed E-state index contributed by atoms with van der Waals surface area (Å²) in [5.74, 6) is 2.16. The molecule has 0 aromatic rings. The summed E-state index contributed by atoms with van der Waals surface area (Å²) in [7, 11) is 0. The molecule has 1 nitrogen and oxygen atoms in total. The number of hydrogen-bond acceptors (Lipinski definition) is 1. The van der Waals surface area contributed by atoms with E-state index in [0.29, 0.717) is 24.5 Å². The third-order valence-corrected chi connectivity index (χ3v) is 3.58. The third kappa shape index (κ3) is 1.10. The molecule has 0 aliphatic heterocycles. The molecular formula is C11H18O. The van der Waals surface area contributed by atoms with E-state index in [2.05, 4.69) is 0 Å². The Morgan fingerprint density at radius 2 is 2.50 bits per heavy atom. The quantitative estimate of drug-likeness (QED) is 0.591. The second kappa shape index (κ2) is 3.20. The van der Waals surface area contributed by atoms with Gasteiger partial charge in [-0.05, 0) is 25.2 Å². The fourth-order valence-electron chi connectivity index (χ4n) is 2.91. The van der Waals surface area contributed by atoms with Gasteiger partial charge < -0.3 is 0 Å². The molecule has 0 spiro atoms. The van der Waals surface area contributed by atoms with E-state index in [9.17, 15) is 4.79 Å². The number of carbonyl (C=O) groups excluding carboxylic acids is 1. The Hall–Kier alpha value is -0.330. The van der Waals surface area contributed by atoms with Crippen LogP contribution < -0.4 is 0 Å². The molecule has 0 saturated heterocycles. The summed E-state index contributed by atoms with van der Waals surface area (Å²) in [6.45, 7) is 0.523. The van der Waals surface area contributed by atoms with E-state index in [-0.39, 0.29) is 0 Å². The molecule has 3 atom stereocenters. The van der Waals surface area contributed by atoms with Gasteiger partial charge in [0, 0.05) is 13.2 Å². The summed E-state index contributed by atoms with van der Waals surface area (Å²) in [5, 5.41) is 0. The van der Waals surface area contributed by atoms with Crippen molar-refractivity contribution in [2.75, 3.05) is 0 Å². The highest BCUT2D eigenvalue weighted by atomic mass is 16.1. The molecule has 0 radical (unpaired) electrons. The first-order valence-corrected chi connectivity index (χ1v) is 5.17. The third-order valence-electron chi connectivity index (χ3n) is 3.58. The van der Waals surface area contributed by atoms with Crippen LogP contribution in [-0.2, 0) is 4.79 Å². The molecule has 2 saturated carbocycles. The van der Waals surface area contributed by atoms with Crippen LogP contribution in [0.4, 0.5) is 0 Å². The molecule has 0 unspecified atom stereocenters. The lowest BCUT2D eigenvalue weighted by molar-refractivity contribution is -0.141. The highest BCUT2D eigenvalue weighted by Crippen LogP contribution is 2.50. The van der Waals surface area contributed by atoms with Crippen LogP contribution in [0, 0.1) is 17.8 Å². The Kier molecular flexibility index (Phi) is 1.89. The minimum absolute atomic E-state index is 0.402. The average molecular weight is 167 g/mol. The van der Waals surface area contributed by atoms with Gasteiger partial charge in [0.15, 0.2) is 0 Å². The summed E-state index contributed by atoms with van der Waals surface area (Å²) >= 11 is 0. The highest BCUT2D eigenvalue weighted by molar-refractivity contribution is 5.90. The highest BCUT2D eigenvalue weighted by Gasteiger charge is 2.50. The Bertz CT molecular complexity index is 202. The molecule has 12 heavy (non-hydrogen) atoms. The van der Waals surface area contributed by atoms with Crippen molar-refractivity contribution < 1.29 is 6.17 Å². The molecule has 2 aliphatic rings. The largest absolute Gasteiger partial charge is 0.299 e. The predicted molar refractivity (Wildman–Crippen MR) is 48.9 cm³/mol. The first-order chi connectivity index (χ1) is 6.34. The maximum absolute atomic E-state index is 11.6. The van der Waals surface area contributed by atoms with E-state index in [0.717, 1.165) is 25.2 Å². The number of ketones is 1. The maximum Gasteiger partial charge on any atom is 0.139 e. The molecule has 68 valence electrons. The molecular weight excluding hydrogens is 148 g/mol. The number of fused-ring (bicyclic) bond motifs is 1. The number of rotatable bonds is 3. The minimum atomic E-state index is 0.402. The molecule has 2 aliphatic carbocycles. The monoisotopic (exact) mass is 167 g/mol. The first kappa shape index (κ1) is 7.11. The lowest BCUT2D eigenvalue weighted by Gasteiger charge is -2.38. The van der Waals surface area contributed by atoms with Gasteiger partial charge in [-0.2, -0.15) is 0 Å². The fourth-order valence-corrected chi connectivity index (χ4v) is 2.91. The zero-order valence-electron chi connectivity index (χ0n) is 8.59. The van der Waals surface area contributed by atoms with Crippen LogP contribution in [-0.4, -0.2) is 5.78 Å². The van der Waals surface area contributed by atoms with Crippen LogP contribution in [0.1, 0.15) is 46.8 Å². The zero-order valence-corrected chi connectivity index (χ0v) is 7.59. The van der Waals surface area contributed by atoms with Crippen LogP contribution in [0.5, 0.6) is 0 Å². The zero-order chi connectivity index (χ0) is 9.26. The van der Waals surface area contributed by atoms with Crippen LogP contribution >= 0.6 is 0 Å². The van der Waals surface area contributed by atoms with Gasteiger partial charge in [0.25, 0.3) is 0 Å². The molecule has 0 bridgehead atoms. The second-order valence-corrected chi connectivity index (χ2v) is 4.21. The van der Waals surface area contributed by atoms with E-state index in [4.69, 9.17) is 1.37 Å². The number of Topliss-reactive ketones (excluding diaryl/α,β-unsaturated/α-hetero) is 1. The van der Waals surface area contributed by atoms with Gasteiger partial charge in [-0.3, -0.25) is 4.79 Å². The van der Waals surface area contributed by atoms with Crippen molar-refractivity contribution >= 4 is 5.78 Å². The summed E-state index contributed by atoms with van der Waals surface area (Å²) in [5.41, 5.74) is 0. The lowest BCUT2D eigenvalue weighted by atomic mass is 9.64. The van der Waals surface area contributed by atoms with Crippen molar-refractivity contribution in [2.45, 2.75) is 45.4 Å². The summed E-state index contributed by atoms with van der Waals surface area (Å²) in [4.78, 5) is 11.6. The van der Waals surface area contributed by atoms with Crippen molar-refractivity contribution in [2.24, 2.45) is 17.8 Å². The second-order valence-electron chi connectivity index (χ2n) is 4.21. The molecule has 2 fully saturated rings. The smallest absolute Gasteiger partial charge is 0.139 e. The van der Waals surface area contributed by atoms with Crippen molar-refractivity contribution in [3.63, 3.8) is 0 Å². The first-order valence-electron chi connectivity index (χ1n) is 5.88. The SMILES string of the molecule is [2H]CCCC[C@H]1C(=O)[C@@H]2CCC[C@H]12. The molecule has 1 heteroatoms. The van der Waals surface area contributed by atoms with E-state index in [1.54, 1.807) is 0 Å². The molecule has 0 aromatic heterocycles. The minimum Gasteiger partial charge on any atom is -0.299 e. The van der Waals surface area contributed by atoms with Gasteiger partial charge in [0.05, 0.1) is 0 Å². The lowest BCUT2D eigenvalue weighted by Crippen LogP contribution is -2.44. The van der Waals surface area contributed by atoms with Gasteiger partial charge >= 0.3 is 0 Å². The van der Waals surface area contributed by atoms with Crippen molar-refractivity contribution in [3.8, 4) is 0 Å². The molecule has 2 rings (SSSR count). The predicted octanol–water partition coefficient (Wildman–Crippen LogP) is 2.79. The van der Waals surface area contributed by atoms with Crippen LogP contribution in [0.15, 0.2) is 0 Å². The molecule has 0 aromatic carbocycles. The molecule has 0 heterocycles. The Morgan fingerprint density at radius 3 is 3.33 bits per heavy atom. The molecule has 0 N–H and O–H groups in total. The molecule has 0 amide bonds. The standard InChI is InChI=1S/C11H18O/c1-2-3-5-9-8-6-4-7-10(8)11(9)12/h8-10H,2-7H2,1H3/t8-,9-,10-/m1/s1/i1D. The van der Waals surface area contributed by atoms with E-state index < -0.39 is 0 Å². The van der Waals surface area contributed by atoms with Gasteiger partial charge in [0.1, 0.15) is 5.78 Å². The number of unbranched alkanes of at least 4 members (excludes halogenated alkanes) is 1. The van der Waals surface area contributed by atoms with E-state index >= 15 is 0 Å². The fraction of sp³-hybridized carbons (Fsp3) is 0.909. The van der Waals surface area contributed by atoms with Gasteiger partial charge in [-0.15, -0.1) is 0 Å². The van der Waals surface area contributed by atoms with Crippen LogP contribution in [0.2, 0.25) is 0 Å². The summed E-state index contributed by atoms with van der Waals surface area (Å²) < 4.78 is 7.03. The van der Waals surface area contributed by atoms with E-state index in [1.807, 2.05) is 0 Å². The number of hydrogen-bond donors (Lipinski definition) is 0. The van der Waals surface area contributed by atoms with Gasteiger partial charge in [0.2, 0.25) is 0 Å². The topological polar surface area (TPSA) is 17.1 Å². The summed E-state index contributed by atoms with van der Waals surface area (Å²) in [6, 6.07) is 0. The normalized spacial score (nSPS) is 40.5. The number of carbonyl (C=O) groups is 1. The summed E-state index contributed by atoms with van der Waals surface area (Å²) in [6.07, 6.45) is 6.86. The van der Waals surface area contributed by atoms with Crippen LogP contribution in [0.25, 0.3) is 0 Å². The Morgan fingerprint density at radius 1 is 1.58 bits per heavy atom. The van der Waals surface area contributed by atoms with Crippen molar-refractivity contribution in [1.29, 1.82) is 0 Å². The Labute approximate surface area is 75.9 Å². The maximum atomic E-state index is 11.6. The van der Waals surface area contributed by atoms with Gasteiger partial charge in [-0.1, -0.05) is 26.2 Å². The Balaban J connectivity index is 1.77. The van der Waals surface area contributed by atoms with E-state index in [1.165, 1.54) is 19.3 Å². The van der Waals surface area contributed by atoms with Crippen LogP contribution in [0.3, 0.4) is 0 Å². The van der Waals surface area contributed by atoms with Crippen molar-refractivity contribution in [3.05, 3.63) is 0 Å². The van der Waals surface area contributed by atoms with Crippen molar-refractivity contribution in [1.82, 2.24) is 0 Å². The average Bonchev–Trinajstić information content (AvgIpc) is 2.56. The van der Waals surface area contributed by atoms with Gasteiger partial charge in [-0.25, -0.2) is 0 Å².